The van der Waals surface area contributed by atoms with E-state index < -0.39 is 0 Å². The van der Waals surface area contributed by atoms with Crippen molar-refractivity contribution >= 4 is 11.8 Å². The summed E-state index contributed by atoms with van der Waals surface area (Å²) < 4.78 is 0. The lowest BCUT2D eigenvalue weighted by atomic mass is 9.95. The Morgan fingerprint density at radius 1 is 1.11 bits per heavy atom. The van der Waals surface area contributed by atoms with Crippen LogP contribution in [0.4, 0.5) is 0 Å². The van der Waals surface area contributed by atoms with Gasteiger partial charge in [0.15, 0.2) is 0 Å². The van der Waals surface area contributed by atoms with Gasteiger partial charge in [-0.1, -0.05) is 13.8 Å². The summed E-state index contributed by atoms with van der Waals surface area (Å²) in [5.41, 5.74) is 5.69. The molecule has 1 heterocycles. The maximum atomic E-state index is 12.3. The van der Waals surface area contributed by atoms with Crippen molar-refractivity contribution in [3.63, 3.8) is 0 Å². The quantitative estimate of drug-likeness (QED) is 0.785. The van der Waals surface area contributed by atoms with Crippen LogP contribution in [0.3, 0.4) is 0 Å². The monoisotopic (exact) mass is 255 g/mol. The van der Waals surface area contributed by atoms with Crippen LogP contribution in [0.25, 0.3) is 0 Å². The fraction of sp³-hybridized carbons (Fsp3) is 0.846. The van der Waals surface area contributed by atoms with E-state index in [0.717, 1.165) is 6.42 Å². The summed E-state index contributed by atoms with van der Waals surface area (Å²) >= 11 is 0. The third-order valence-electron chi connectivity index (χ3n) is 3.43. The van der Waals surface area contributed by atoms with Gasteiger partial charge >= 0.3 is 0 Å². The maximum absolute atomic E-state index is 12.3. The Labute approximate surface area is 109 Å². The van der Waals surface area contributed by atoms with Crippen molar-refractivity contribution in [2.75, 3.05) is 32.7 Å². The molecule has 1 unspecified atom stereocenters. The number of hydrogen-bond acceptors (Lipinski definition) is 3. The molecule has 5 nitrogen and oxygen atoms in total. The third-order valence-corrected chi connectivity index (χ3v) is 3.43. The standard InChI is InChI=1S/C13H25N3O2/c1-10(2)8-12(9-14)13(18)16-6-4-15(5-7-16)11(3)17/h10,12H,4-9,14H2,1-3H3. The Balaban J connectivity index is 2.50. The topological polar surface area (TPSA) is 66.6 Å². The molecular weight excluding hydrogens is 230 g/mol. The van der Waals surface area contributed by atoms with Crippen molar-refractivity contribution in [3.8, 4) is 0 Å². The summed E-state index contributed by atoms with van der Waals surface area (Å²) in [5.74, 6) is 0.629. The largest absolute Gasteiger partial charge is 0.339 e. The fourth-order valence-corrected chi connectivity index (χ4v) is 2.37. The highest BCUT2D eigenvalue weighted by Gasteiger charge is 2.27. The first-order valence-corrected chi connectivity index (χ1v) is 6.70. The smallest absolute Gasteiger partial charge is 0.227 e. The molecule has 0 spiro atoms. The number of carbonyl (C=O) groups excluding carboxylic acids is 2. The number of amides is 2. The van der Waals surface area contributed by atoms with Crippen molar-refractivity contribution in [3.05, 3.63) is 0 Å². The first-order chi connectivity index (χ1) is 8.45. The zero-order chi connectivity index (χ0) is 13.7. The van der Waals surface area contributed by atoms with E-state index >= 15 is 0 Å². The second kappa shape index (κ2) is 6.73. The first-order valence-electron chi connectivity index (χ1n) is 6.70. The lowest BCUT2D eigenvalue weighted by Gasteiger charge is -2.36. The van der Waals surface area contributed by atoms with Crippen LogP contribution in [0.2, 0.25) is 0 Å². The Morgan fingerprint density at radius 2 is 1.61 bits per heavy atom. The van der Waals surface area contributed by atoms with Crippen molar-refractivity contribution < 1.29 is 9.59 Å². The molecule has 0 aromatic heterocycles. The number of rotatable bonds is 4. The zero-order valence-electron chi connectivity index (χ0n) is 11.7. The summed E-state index contributed by atoms with van der Waals surface area (Å²) in [4.78, 5) is 27.1. The van der Waals surface area contributed by atoms with E-state index in [1.54, 1.807) is 11.8 Å². The van der Waals surface area contributed by atoms with Gasteiger partial charge in [0.2, 0.25) is 11.8 Å². The second-order valence-corrected chi connectivity index (χ2v) is 5.39. The van der Waals surface area contributed by atoms with Gasteiger partial charge < -0.3 is 15.5 Å². The highest BCUT2D eigenvalue weighted by molar-refractivity contribution is 5.79. The Morgan fingerprint density at radius 3 is 2.00 bits per heavy atom. The highest BCUT2D eigenvalue weighted by atomic mass is 16.2. The Hall–Kier alpha value is -1.10. The maximum Gasteiger partial charge on any atom is 0.227 e. The molecule has 0 bridgehead atoms. The van der Waals surface area contributed by atoms with Gasteiger partial charge in [-0.15, -0.1) is 0 Å². The average molecular weight is 255 g/mol. The van der Waals surface area contributed by atoms with Gasteiger partial charge in [-0.3, -0.25) is 9.59 Å². The Kier molecular flexibility index (Phi) is 5.59. The predicted octanol–water partition coefficient (Wildman–Crippen LogP) is 0.298. The molecule has 1 saturated heterocycles. The molecule has 5 heteroatoms. The molecule has 1 atom stereocenters. The number of nitrogens with zero attached hydrogens (tertiary/aromatic N) is 2. The molecule has 2 amide bonds. The van der Waals surface area contributed by atoms with Crippen LogP contribution < -0.4 is 5.73 Å². The SMILES string of the molecule is CC(=O)N1CCN(C(=O)C(CN)CC(C)C)CC1. The molecule has 0 aliphatic carbocycles. The summed E-state index contributed by atoms with van der Waals surface area (Å²) in [7, 11) is 0. The van der Waals surface area contributed by atoms with Crippen molar-refractivity contribution in [1.82, 2.24) is 9.80 Å². The van der Waals surface area contributed by atoms with Gasteiger partial charge in [-0.05, 0) is 12.3 Å². The minimum absolute atomic E-state index is 0.0751. The van der Waals surface area contributed by atoms with E-state index in [0.29, 0.717) is 38.6 Å². The first kappa shape index (κ1) is 15.0. The Bertz CT molecular complexity index is 297. The summed E-state index contributed by atoms with van der Waals surface area (Å²) in [6.45, 7) is 8.72. The van der Waals surface area contributed by atoms with E-state index in [2.05, 4.69) is 13.8 Å². The van der Waals surface area contributed by atoms with Crippen molar-refractivity contribution in [2.45, 2.75) is 27.2 Å². The van der Waals surface area contributed by atoms with E-state index in [1.807, 2.05) is 4.90 Å². The fourth-order valence-electron chi connectivity index (χ4n) is 2.37. The van der Waals surface area contributed by atoms with Crippen molar-refractivity contribution in [1.29, 1.82) is 0 Å². The summed E-state index contributed by atoms with van der Waals surface area (Å²) in [6.07, 6.45) is 0.836. The van der Waals surface area contributed by atoms with E-state index in [9.17, 15) is 9.59 Å². The predicted molar refractivity (Wildman–Crippen MR) is 70.8 cm³/mol. The van der Waals surface area contributed by atoms with Crippen LogP contribution >= 0.6 is 0 Å². The molecule has 1 aliphatic heterocycles. The third kappa shape index (κ3) is 3.98. The van der Waals surface area contributed by atoms with Gasteiger partial charge in [0.1, 0.15) is 0 Å². The molecular formula is C13H25N3O2. The molecule has 1 aliphatic rings. The van der Waals surface area contributed by atoms with E-state index in [4.69, 9.17) is 5.73 Å². The van der Waals surface area contributed by atoms with Gasteiger partial charge in [0.25, 0.3) is 0 Å². The molecule has 104 valence electrons. The molecule has 1 rings (SSSR count). The molecule has 1 fully saturated rings. The van der Waals surface area contributed by atoms with Gasteiger partial charge in [-0.25, -0.2) is 0 Å². The number of piperazine rings is 1. The summed E-state index contributed by atoms with van der Waals surface area (Å²) in [5, 5.41) is 0. The number of carbonyl (C=O) groups is 2. The van der Waals surface area contributed by atoms with Gasteiger partial charge in [0.05, 0.1) is 5.92 Å². The van der Waals surface area contributed by atoms with Crippen molar-refractivity contribution in [2.24, 2.45) is 17.6 Å². The van der Waals surface area contributed by atoms with Crippen LogP contribution in [0.5, 0.6) is 0 Å². The number of nitrogens with two attached hydrogens (primary N) is 1. The van der Waals surface area contributed by atoms with Gasteiger partial charge in [-0.2, -0.15) is 0 Å². The lowest BCUT2D eigenvalue weighted by molar-refractivity contribution is -0.141. The van der Waals surface area contributed by atoms with Crippen LogP contribution in [0, 0.1) is 11.8 Å². The molecule has 0 radical (unpaired) electrons. The second-order valence-electron chi connectivity index (χ2n) is 5.39. The molecule has 0 aromatic carbocycles. The lowest BCUT2D eigenvalue weighted by Crippen LogP contribution is -2.52. The minimum Gasteiger partial charge on any atom is -0.339 e. The van der Waals surface area contributed by atoms with Crippen LogP contribution in [0.1, 0.15) is 27.2 Å². The minimum atomic E-state index is -0.0751. The van der Waals surface area contributed by atoms with E-state index in [-0.39, 0.29) is 17.7 Å². The number of hydrogen-bond donors (Lipinski definition) is 1. The van der Waals surface area contributed by atoms with Crippen LogP contribution in [-0.4, -0.2) is 54.3 Å². The van der Waals surface area contributed by atoms with Crippen LogP contribution in [-0.2, 0) is 9.59 Å². The highest BCUT2D eigenvalue weighted by Crippen LogP contribution is 2.15. The zero-order valence-corrected chi connectivity index (χ0v) is 11.7. The van der Waals surface area contributed by atoms with Gasteiger partial charge in [0, 0.05) is 39.6 Å². The summed E-state index contributed by atoms with van der Waals surface area (Å²) in [6, 6.07) is 0. The normalized spacial score (nSPS) is 18.1. The van der Waals surface area contributed by atoms with Crippen LogP contribution in [0.15, 0.2) is 0 Å². The molecule has 0 saturated carbocycles. The molecule has 0 aromatic rings. The molecule has 2 N–H and O–H groups in total. The van der Waals surface area contributed by atoms with E-state index in [1.165, 1.54) is 0 Å². The average Bonchev–Trinajstić information content (AvgIpc) is 2.35. The molecule has 18 heavy (non-hydrogen) atoms.